The van der Waals surface area contributed by atoms with Crippen LogP contribution >= 0.6 is 11.3 Å². The lowest BCUT2D eigenvalue weighted by atomic mass is 9.98. The Kier molecular flexibility index (Phi) is 5.37. The van der Waals surface area contributed by atoms with Crippen LogP contribution in [0.15, 0.2) is 59.5 Å². The van der Waals surface area contributed by atoms with Gasteiger partial charge in [0.2, 0.25) is 0 Å². The Morgan fingerprint density at radius 1 is 1.13 bits per heavy atom. The second-order valence-electron chi connectivity index (χ2n) is 7.32. The second kappa shape index (κ2) is 8.00. The number of hydrogen-bond donors (Lipinski definition) is 1. The van der Waals surface area contributed by atoms with E-state index in [4.69, 9.17) is 4.74 Å². The second-order valence-corrected chi connectivity index (χ2v) is 8.30. The van der Waals surface area contributed by atoms with Crippen LogP contribution in [0.4, 0.5) is 10.1 Å². The number of halogens is 1. The number of methoxy groups -OCH3 is 1. The largest absolute Gasteiger partial charge is 0.507 e. The Hall–Kier alpha value is -3.45. The van der Waals surface area contributed by atoms with E-state index in [0.717, 1.165) is 17.2 Å². The molecule has 1 unspecified atom stereocenters. The Balaban J connectivity index is 1.99. The summed E-state index contributed by atoms with van der Waals surface area (Å²) in [6, 6.07) is 12.1. The van der Waals surface area contributed by atoms with Crippen LogP contribution in [0.3, 0.4) is 0 Å². The molecule has 31 heavy (non-hydrogen) atoms. The standard InChI is InChI=1S/C24H20FNO4S/c1-13-6-7-14(2)17(11-13)26-21(19-5-4-10-31-19)20(23(28)24(26)29)22(27)16-12-15(25)8-9-18(16)30-3/h4-12,21,27H,1-3H3/b22-20-. The Bertz CT molecular complexity index is 1220. The SMILES string of the molecule is COc1ccc(F)cc1/C(O)=C1/C(=O)C(=O)N(c2cc(C)ccc2C)C1c1cccs1. The number of nitrogens with zero attached hydrogens (tertiary/aromatic N) is 1. The van der Waals surface area contributed by atoms with Crippen molar-refractivity contribution < 1.29 is 23.8 Å². The van der Waals surface area contributed by atoms with Crippen LogP contribution in [-0.2, 0) is 9.59 Å². The zero-order chi connectivity index (χ0) is 22.3. The molecule has 1 fully saturated rings. The van der Waals surface area contributed by atoms with Crippen molar-refractivity contribution in [3.63, 3.8) is 0 Å². The molecular formula is C24H20FNO4S. The lowest BCUT2D eigenvalue weighted by molar-refractivity contribution is -0.132. The van der Waals surface area contributed by atoms with E-state index >= 15 is 0 Å². The van der Waals surface area contributed by atoms with E-state index in [9.17, 15) is 19.1 Å². The molecule has 1 amide bonds. The van der Waals surface area contributed by atoms with Gasteiger partial charge >= 0.3 is 0 Å². The molecule has 5 nitrogen and oxygen atoms in total. The van der Waals surface area contributed by atoms with Gasteiger partial charge in [-0.2, -0.15) is 0 Å². The van der Waals surface area contributed by atoms with Crippen molar-refractivity contribution in [1.82, 2.24) is 0 Å². The molecule has 158 valence electrons. The number of rotatable bonds is 4. The first-order valence-corrected chi connectivity index (χ1v) is 10.5. The first-order valence-electron chi connectivity index (χ1n) is 9.59. The van der Waals surface area contributed by atoms with Crippen LogP contribution in [0.1, 0.15) is 27.6 Å². The Morgan fingerprint density at radius 3 is 2.58 bits per heavy atom. The summed E-state index contributed by atoms with van der Waals surface area (Å²) in [4.78, 5) is 28.4. The lowest BCUT2D eigenvalue weighted by Crippen LogP contribution is -2.29. The number of carbonyl (C=O) groups excluding carboxylic acids is 2. The normalized spacial score (nSPS) is 17.9. The maximum Gasteiger partial charge on any atom is 0.300 e. The fraction of sp³-hybridized carbons (Fsp3) is 0.167. The van der Waals surface area contributed by atoms with Gasteiger partial charge in [-0.3, -0.25) is 14.5 Å². The molecule has 2 heterocycles. The molecule has 0 spiro atoms. The highest BCUT2D eigenvalue weighted by atomic mass is 32.1. The summed E-state index contributed by atoms with van der Waals surface area (Å²) in [6.07, 6.45) is 0. The quantitative estimate of drug-likeness (QED) is 0.349. The maximum atomic E-state index is 14.0. The van der Waals surface area contributed by atoms with Gasteiger partial charge in [-0.15, -0.1) is 11.3 Å². The fourth-order valence-corrected chi connectivity index (χ4v) is 4.61. The Labute approximate surface area is 183 Å². The van der Waals surface area contributed by atoms with Crippen molar-refractivity contribution in [2.24, 2.45) is 0 Å². The van der Waals surface area contributed by atoms with Crippen LogP contribution < -0.4 is 9.64 Å². The minimum Gasteiger partial charge on any atom is -0.507 e. The molecule has 1 N–H and O–H groups in total. The van der Waals surface area contributed by atoms with Gasteiger partial charge in [-0.05, 0) is 60.7 Å². The number of aryl methyl sites for hydroxylation is 2. The van der Waals surface area contributed by atoms with Gasteiger partial charge < -0.3 is 9.84 Å². The van der Waals surface area contributed by atoms with Crippen LogP contribution in [-0.4, -0.2) is 23.9 Å². The first kappa shape index (κ1) is 20.8. The van der Waals surface area contributed by atoms with Crippen LogP contribution in [0.25, 0.3) is 5.76 Å². The fourth-order valence-electron chi connectivity index (χ4n) is 3.79. The van der Waals surface area contributed by atoms with Gasteiger partial charge in [0.05, 0.1) is 18.2 Å². The van der Waals surface area contributed by atoms with Crippen molar-refractivity contribution in [1.29, 1.82) is 0 Å². The van der Waals surface area contributed by atoms with Crippen molar-refractivity contribution in [2.75, 3.05) is 12.0 Å². The number of aliphatic hydroxyl groups excluding tert-OH is 1. The average Bonchev–Trinajstić information content (AvgIpc) is 3.36. The molecule has 0 bridgehead atoms. The number of hydrogen-bond acceptors (Lipinski definition) is 5. The summed E-state index contributed by atoms with van der Waals surface area (Å²) in [6.45, 7) is 3.76. The number of anilines is 1. The first-order chi connectivity index (χ1) is 14.8. The van der Waals surface area contributed by atoms with E-state index in [-0.39, 0.29) is 16.9 Å². The van der Waals surface area contributed by atoms with Crippen molar-refractivity contribution in [3.8, 4) is 5.75 Å². The zero-order valence-corrected chi connectivity index (χ0v) is 18.0. The van der Waals surface area contributed by atoms with Gasteiger partial charge in [-0.25, -0.2) is 4.39 Å². The molecule has 3 aromatic rings. The molecular weight excluding hydrogens is 417 g/mol. The summed E-state index contributed by atoms with van der Waals surface area (Å²) in [5, 5.41) is 13.0. The van der Waals surface area contributed by atoms with Gasteiger partial charge in [0.15, 0.2) is 0 Å². The molecule has 2 aromatic carbocycles. The van der Waals surface area contributed by atoms with E-state index in [0.29, 0.717) is 10.6 Å². The van der Waals surface area contributed by atoms with Crippen LogP contribution in [0, 0.1) is 19.7 Å². The number of aliphatic hydroxyl groups is 1. The van der Waals surface area contributed by atoms with E-state index in [1.165, 1.54) is 35.5 Å². The number of amides is 1. The van der Waals surface area contributed by atoms with Crippen LogP contribution in [0.5, 0.6) is 5.75 Å². The monoisotopic (exact) mass is 437 g/mol. The summed E-state index contributed by atoms with van der Waals surface area (Å²) in [5.74, 6) is -2.45. The molecule has 1 atom stereocenters. The number of ketones is 1. The minimum atomic E-state index is -0.839. The predicted octanol–water partition coefficient (Wildman–Crippen LogP) is 5.14. The van der Waals surface area contributed by atoms with Crippen molar-refractivity contribution in [2.45, 2.75) is 19.9 Å². The molecule has 1 aliphatic heterocycles. The molecule has 1 saturated heterocycles. The van der Waals surface area contributed by atoms with Gasteiger partial charge in [0, 0.05) is 10.6 Å². The Morgan fingerprint density at radius 2 is 1.90 bits per heavy atom. The highest BCUT2D eigenvalue weighted by molar-refractivity contribution is 7.10. The van der Waals surface area contributed by atoms with Crippen LogP contribution in [0.2, 0.25) is 0 Å². The minimum absolute atomic E-state index is 0.0167. The molecule has 1 aromatic heterocycles. The number of thiophene rings is 1. The summed E-state index contributed by atoms with van der Waals surface area (Å²) in [7, 11) is 1.38. The number of benzene rings is 2. The molecule has 0 saturated carbocycles. The smallest absolute Gasteiger partial charge is 0.300 e. The summed E-state index contributed by atoms with van der Waals surface area (Å²) in [5.41, 5.74) is 2.25. The van der Waals surface area contributed by atoms with Gasteiger partial charge in [-0.1, -0.05) is 18.2 Å². The van der Waals surface area contributed by atoms with E-state index in [1.54, 1.807) is 6.07 Å². The zero-order valence-electron chi connectivity index (χ0n) is 17.2. The number of carbonyl (C=O) groups is 2. The molecule has 0 aliphatic carbocycles. The highest BCUT2D eigenvalue weighted by Crippen LogP contribution is 2.45. The van der Waals surface area contributed by atoms with E-state index in [2.05, 4.69) is 0 Å². The maximum absolute atomic E-state index is 14.0. The topological polar surface area (TPSA) is 66.8 Å². The van der Waals surface area contributed by atoms with E-state index < -0.39 is 29.3 Å². The van der Waals surface area contributed by atoms with Crippen molar-refractivity contribution >= 4 is 34.5 Å². The number of ether oxygens (including phenoxy) is 1. The molecule has 1 aliphatic rings. The predicted molar refractivity (Wildman–Crippen MR) is 118 cm³/mol. The summed E-state index contributed by atoms with van der Waals surface area (Å²) >= 11 is 1.37. The molecule has 4 rings (SSSR count). The van der Waals surface area contributed by atoms with Crippen molar-refractivity contribution in [3.05, 3.63) is 86.9 Å². The van der Waals surface area contributed by atoms with Gasteiger partial charge in [0.25, 0.3) is 11.7 Å². The average molecular weight is 437 g/mol. The third kappa shape index (κ3) is 3.51. The van der Waals surface area contributed by atoms with E-state index in [1.807, 2.05) is 43.5 Å². The highest BCUT2D eigenvalue weighted by Gasteiger charge is 2.48. The molecule has 7 heteroatoms. The molecule has 0 radical (unpaired) electrons. The summed E-state index contributed by atoms with van der Waals surface area (Å²) < 4.78 is 19.2. The number of Topliss-reactive ketones (excluding diaryl/α,β-unsaturated/α-hetero) is 1. The third-order valence-electron chi connectivity index (χ3n) is 5.30. The third-order valence-corrected chi connectivity index (χ3v) is 6.22. The lowest BCUT2D eigenvalue weighted by Gasteiger charge is -2.26. The van der Waals surface area contributed by atoms with Gasteiger partial charge in [0.1, 0.15) is 23.4 Å².